The molecule has 1 aliphatic carbocycles. The minimum absolute atomic E-state index is 0.211. The van der Waals surface area contributed by atoms with Crippen molar-refractivity contribution in [3.8, 4) is 5.75 Å². The fourth-order valence-corrected chi connectivity index (χ4v) is 4.39. The summed E-state index contributed by atoms with van der Waals surface area (Å²) in [6, 6.07) is 9.09. The van der Waals surface area contributed by atoms with Crippen molar-refractivity contribution in [2.75, 3.05) is 7.11 Å². The summed E-state index contributed by atoms with van der Waals surface area (Å²) in [7, 11) is 1.55. The Morgan fingerprint density at radius 1 is 1.32 bits per heavy atom. The second-order valence-electron chi connectivity index (χ2n) is 6.50. The minimum atomic E-state index is -1.02. The zero-order valence-corrected chi connectivity index (χ0v) is 15.1. The minimum Gasteiger partial charge on any atom is -0.497 e. The number of aliphatic carboxylic acids is 1. The molecule has 1 atom stereocenters. The van der Waals surface area contributed by atoms with E-state index >= 15 is 0 Å². The molecule has 1 heterocycles. The van der Waals surface area contributed by atoms with Crippen LogP contribution in [0.4, 0.5) is 0 Å². The summed E-state index contributed by atoms with van der Waals surface area (Å²) in [5, 5.41) is 12.3. The summed E-state index contributed by atoms with van der Waals surface area (Å²) < 4.78 is 5.23. The number of hydrogen-bond acceptors (Lipinski definition) is 4. The molecule has 1 aromatic heterocycles. The van der Waals surface area contributed by atoms with Crippen molar-refractivity contribution in [1.29, 1.82) is 0 Å². The molecule has 0 fully saturated rings. The highest BCUT2D eigenvalue weighted by Crippen LogP contribution is 2.32. The van der Waals surface area contributed by atoms with Gasteiger partial charge in [0.05, 0.1) is 23.9 Å². The molecule has 0 bridgehead atoms. The molecule has 1 aromatic carbocycles. The molecule has 2 aromatic rings. The van der Waals surface area contributed by atoms with Crippen LogP contribution >= 0.6 is 11.3 Å². The molecular weight excluding hydrogens is 338 g/mol. The van der Waals surface area contributed by atoms with Crippen molar-refractivity contribution < 1.29 is 19.4 Å². The van der Waals surface area contributed by atoms with Crippen LogP contribution in [0.2, 0.25) is 0 Å². The lowest BCUT2D eigenvalue weighted by atomic mass is 9.88. The Morgan fingerprint density at radius 2 is 2.12 bits per heavy atom. The first kappa shape index (κ1) is 17.5. The molecule has 1 amide bonds. The molecule has 0 radical (unpaired) electrons. The summed E-state index contributed by atoms with van der Waals surface area (Å²) >= 11 is 1.51. The van der Waals surface area contributed by atoms with Gasteiger partial charge in [0, 0.05) is 4.88 Å². The number of ether oxygens (including phenoxy) is 1. The van der Waals surface area contributed by atoms with Gasteiger partial charge in [-0.25, -0.2) is 0 Å². The Bertz CT molecular complexity index is 792. The Hall–Kier alpha value is -2.34. The molecule has 25 heavy (non-hydrogen) atoms. The lowest BCUT2D eigenvalue weighted by Gasteiger charge is -2.30. The summed E-state index contributed by atoms with van der Waals surface area (Å²) in [5.41, 5.74) is 0.925. The molecule has 6 heteroatoms. The number of carbonyl (C=O) groups excluding carboxylic acids is 1. The number of fused-ring (bicyclic) bond motifs is 1. The third kappa shape index (κ3) is 3.69. The molecule has 0 spiro atoms. The van der Waals surface area contributed by atoms with E-state index in [9.17, 15) is 14.7 Å². The van der Waals surface area contributed by atoms with Crippen molar-refractivity contribution in [3.63, 3.8) is 0 Å². The molecule has 1 unspecified atom stereocenters. The quantitative estimate of drug-likeness (QED) is 0.829. The molecule has 1 aliphatic rings. The zero-order valence-electron chi connectivity index (χ0n) is 14.3. The van der Waals surface area contributed by atoms with E-state index in [4.69, 9.17) is 4.74 Å². The SMILES string of the molecule is COc1cccc(C(C)(CC(=O)O)NC(=O)c2cc3c(s2)CCC3)c1. The Morgan fingerprint density at radius 3 is 2.80 bits per heavy atom. The van der Waals surface area contributed by atoms with Crippen LogP contribution in [0, 0.1) is 0 Å². The first-order valence-corrected chi connectivity index (χ1v) is 9.03. The molecule has 3 rings (SSSR count). The number of carboxylic acids is 1. The fourth-order valence-electron chi connectivity index (χ4n) is 3.24. The Kier molecular flexibility index (Phi) is 4.81. The number of methoxy groups -OCH3 is 1. The van der Waals surface area contributed by atoms with Gasteiger partial charge in [-0.05, 0) is 55.5 Å². The van der Waals surface area contributed by atoms with Crippen molar-refractivity contribution in [2.45, 2.75) is 38.1 Å². The highest BCUT2D eigenvalue weighted by molar-refractivity contribution is 7.14. The van der Waals surface area contributed by atoms with Crippen LogP contribution in [0.3, 0.4) is 0 Å². The molecule has 0 saturated heterocycles. The topological polar surface area (TPSA) is 75.6 Å². The van der Waals surface area contributed by atoms with Gasteiger partial charge in [-0.2, -0.15) is 0 Å². The second-order valence-corrected chi connectivity index (χ2v) is 7.64. The number of hydrogen-bond donors (Lipinski definition) is 2. The summed E-state index contributed by atoms with van der Waals surface area (Å²) in [6.45, 7) is 1.73. The predicted octanol–water partition coefficient (Wildman–Crippen LogP) is 3.37. The number of benzene rings is 1. The number of carbonyl (C=O) groups is 2. The van der Waals surface area contributed by atoms with Crippen LogP contribution in [0.25, 0.3) is 0 Å². The number of carboxylic acid groups (broad SMARTS) is 1. The number of thiophene rings is 1. The van der Waals surface area contributed by atoms with Crippen molar-refractivity contribution >= 4 is 23.2 Å². The van der Waals surface area contributed by atoms with E-state index in [1.165, 1.54) is 21.8 Å². The summed E-state index contributed by atoms with van der Waals surface area (Å²) in [4.78, 5) is 26.1. The van der Waals surface area contributed by atoms with Gasteiger partial charge in [-0.1, -0.05) is 12.1 Å². The van der Waals surface area contributed by atoms with Crippen LogP contribution in [0.1, 0.15) is 45.4 Å². The van der Waals surface area contributed by atoms with E-state index in [0.717, 1.165) is 19.3 Å². The number of nitrogens with one attached hydrogen (secondary N) is 1. The van der Waals surface area contributed by atoms with Gasteiger partial charge in [0.1, 0.15) is 5.75 Å². The first-order chi connectivity index (χ1) is 11.9. The van der Waals surface area contributed by atoms with Gasteiger partial charge in [0.15, 0.2) is 0 Å². The van der Waals surface area contributed by atoms with Gasteiger partial charge < -0.3 is 15.2 Å². The Balaban J connectivity index is 1.88. The lowest BCUT2D eigenvalue weighted by molar-refractivity contribution is -0.138. The average molecular weight is 359 g/mol. The standard InChI is InChI=1S/C19H21NO4S/c1-19(11-17(21)22,13-6-4-7-14(10-13)24-2)20-18(23)16-9-12-5-3-8-15(12)25-16/h4,6-7,9-10H,3,5,8,11H2,1-2H3,(H,20,23)(H,21,22). The molecule has 5 nitrogen and oxygen atoms in total. The first-order valence-electron chi connectivity index (χ1n) is 8.22. The number of aryl methyl sites for hydroxylation is 2. The van der Waals surface area contributed by atoms with Crippen LogP contribution in [-0.4, -0.2) is 24.1 Å². The maximum atomic E-state index is 12.8. The van der Waals surface area contributed by atoms with E-state index < -0.39 is 11.5 Å². The predicted molar refractivity (Wildman–Crippen MR) is 96.4 cm³/mol. The molecule has 0 saturated carbocycles. The van der Waals surface area contributed by atoms with Crippen molar-refractivity contribution in [1.82, 2.24) is 5.32 Å². The highest BCUT2D eigenvalue weighted by Gasteiger charge is 2.33. The van der Waals surface area contributed by atoms with E-state index in [1.807, 2.05) is 6.07 Å². The monoisotopic (exact) mass is 359 g/mol. The van der Waals surface area contributed by atoms with Crippen LogP contribution < -0.4 is 10.1 Å². The zero-order chi connectivity index (χ0) is 18.0. The summed E-state index contributed by atoms with van der Waals surface area (Å²) in [5.74, 6) is -0.580. The van der Waals surface area contributed by atoms with E-state index in [-0.39, 0.29) is 12.3 Å². The van der Waals surface area contributed by atoms with E-state index in [0.29, 0.717) is 16.2 Å². The van der Waals surface area contributed by atoms with Crippen LogP contribution in [0.15, 0.2) is 30.3 Å². The maximum Gasteiger partial charge on any atom is 0.306 e. The van der Waals surface area contributed by atoms with Crippen molar-refractivity contribution in [2.24, 2.45) is 0 Å². The smallest absolute Gasteiger partial charge is 0.306 e. The third-order valence-electron chi connectivity index (χ3n) is 4.57. The lowest BCUT2D eigenvalue weighted by Crippen LogP contribution is -2.44. The van der Waals surface area contributed by atoms with Crippen LogP contribution in [-0.2, 0) is 23.2 Å². The van der Waals surface area contributed by atoms with Gasteiger partial charge in [0.2, 0.25) is 0 Å². The largest absolute Gasteiger partial charge is 0.497 e. The Labute approximate surface area is 150 Å². The number of rotatable bonds is 6. The van der Waals surface area contributed by atoms with Gasteiger partial charge in [0.25, 0.3) is 5.91 Å². The highest BCUT2D eigenvalue weighted by atomic mass is 32.1. The molecular formula is C19H21NO4S. The fraction of sp³-hybridized carbons (Fsp3) is 0.368. The van der Waals surface area contributed by atoms with Crippen molar-refractivity contribution in [3.05, 3.63) is 51.2 Å². The average Bonchev–Trinajstić information content (AvgIpc) is 3.15. The second kappa shape index (κ2) is 6.88. The van der Waals surface area contributed by atoms with Gasteiger partial charge >= 0.3 is 5.97 Å². The van der Waals surface area contributed by atoms with E-state index in [2.05, 4.69) is 5.32 Å². The van der Waals surface area contributed by atoms with E-state index in [1.54, 1.807) is 38.3 Å². The summed E-state index contributed by atoms with van der Waals surface area (Å²) in [6.07, 6.45) is 2.97. The van der Waals surface area contributed by atoms with Gasteiger partial charge in [-0.15, -0.1) is 11.3 Å². The maximum absolute atomic E-state index is 12.8. The van der Waals surface area contributed by atoms with Gasteiger partial charge in [-0.3, -0.25) is 9.59 Å². The molecule has 0 aliphatic heterocycles. The third-order valence-corrected chi connectivity index (χ3v) is 5.81. The molecule has 132 valence electrons. The number of amides is 1. The molecule has 2 N–H and O–H groups in total. The van der Waals surface area contributed by atoms with Crippen LogP contribution in [0.5, 0.6) is 5.75 Å². The normalized spacial score (nSPS) is 15.3.